The number of nitrogens with one attached hydrogen (secondary N) is 1. The molecule has 0 bridgehead atoms. The van der Waals surface area contributed by atoms with Crippen molar-refractivity contribution in [3.63, 3.8) is 0 Å². The van der Waals surface area contributed by atoms with Gasteiger partial charge >= 0.3 is 0 Å². The van der Waals surface area contributed by atoms with Crippen molar-refractivity contribution in [2.24, 2.45) is 5.92 Å². The van der Waals surface area contributed by atoms with E-state index in [4.69, 9.17) is 0 Å². The van der Waals surface area contributed by atoms with Gasteiger partial charge in [-0.25, -0.2) is 0 Å². The number of pyridine rings is 1. The van der Waals surface area contributed by atoms with Crippen molar-refractivity contribution >= 4 is 0 Å². The predicted octanol–water partition coefficient (Wildman–Crippen LogP) is 3.27. The van der Waals surface area contributed by atoms with Crippen LogP contribution in [0.1, 0.15) is 41.5 Å². The molecule has 2 heterocycles. The molecule has 1 fully saturated rings. The molecule has 3 atom stereocenters. The fraction of sp³-hybridized carbons (Fsp3) is 0.353. The summed E-state index contributed by atoms with van der Waals surface area (Å²) in [5, 5.41) is 3.72. The summed E-state index contributed by atoms with van der Waals surface area (Å²) < 4.78 is 0. The summed E-state index contributed by atoms with van der Waals surface area (Å²) >= 11 is 0. The van der Waals surface area contributed by atoms with E-state index in [9.17, 15) is 0 Å². The van der Waals surface area contributed by atoms with Gasteiger partial charge in [-0.05, 0) is 54.1 Å². The summed E-state index contributed by atoms with van der Waals surface area (Å²) in [6, 6.07) is 13.8. The summed E-state index contributed by atoms with van der Waals surface area (Å²) in [7, 11) is 0. The molecule has 0 amide bonds. The summed E-state index contributed by atoms with van der Waals surface area (Å²) in [5.41, 5.74) is 4.44. The first-order valence-electron chi connectivity index (χ1n) is 7.17. The molecule has 0 saturated carbocycles. The molecule has 0 unspecified atom stereocenters. The van der Waals surface area contributed by atoms with E-state index >= 15 is 0 Å². The number of fused-ring (bicyclic) bond motifs is 3. The van der Waals surface area contributed by atoms with Crippen LogP contribution in [0.25, 0.3) is 0 Å². The van der Waals surface area contributed by atoms with Crippen molar-refractivity contribution in [3.05, 3.63) is 65.5 Å². The molecule has 2 aromatic rings. The van der Waals surface area contributed by atoms with Gasteiger partial charge in [-0.2, -0.15) is 0 Å². The maximum Gasteiger partial charge on any atom is 0.0360 e. The Kier molecular flexibility index (Phi) is 2.63. The fourth-order valence-electron chi connectivity index (χ4n) is 3.92. The van der Waals surface area contributed by atoms with Gasteiger partial charge in [0.15, 0.2) is 0 Å². The molecule has 1 aromatic carbocycles. The second-order valence-electron chi connectivity index (χ2n) is 5.63. The minimum absolute atomic E-state index is 0.539. The number of rotatable bonds is 1. The molecule has 2 nitrogen and oxygen atoms in total. The van der Waals surface area contributed by atoms with Crippen LogP contribution in [0, 0.1) is 5.92 Å². The van der Waals surface area contributed by atoms with Gasteiger partial charge < -0.3 is 5.32 Å². The van der Waals surface area contributed by atoms with Gasteiger partial charge in [0.05, 0.1) is 0 Å². The van der Waals surface area contributed by atoms with Crippen molar-refractivity contribution in [1.82, 2.24) is 10.3 Å². The minimum Gasteiger partial charge on any atom is -0.310 e. The summed E-state index contributed by atoms with van der Waals surface area (Å²) in [4.78, 5) is 4.16. The molecule has 1 saturated heterocycles. The largest absolute Gasteiger partial charge is 0.310 e. The Hall–Kier alpha value is -1.67. The molecule has 1 aliphatic heterocycles. The number of nitrogens with zero attached hydrogens (tertiary/aromatic N) is 1. The summed E-state index contributed by atoms with van der Waals surface area (Å²) in [6.45, 7) is 1.15. The van der Waals surface area contributed by atoms with E-state index in [1.165, 1.54) is 29.5 Å². The number of hydrogen-bond donors (Lipinski definition) is 1. The highest BCUT2D eigenvalue weighted by Crippen LogP contribution is 2.51. The van der Waals surface area contributed by atoms with Crippen molar-refractivity contribution in [2.45, 2.75) is 24.8 Å². The molecule has 4 rings (SSSR count). The third-order valence-electron chi connectivity index (χ3n) is 4.67. The Morgan fingerprint density at radius 2 is 1.79 bits per heavy atom. The number of aromatic nitrogens is 1. The molecule has 19 heavy (non-hydrogen) atoms. The van der Waals surface area contributed by atoms with Crippen LogP contribution in [0.4, 0.5) is 0 Å². The van der Waals surface area contributed by atoms with Crippen LogP contribution in [0.15, 0.2) is 48.8 Å². The first kappa shape index (κ1) is 11.2. The van der Waals surface area contributed by atoms with E-state index in [-0.39, 0.29) is 0 Å². The zero-order valence-corrected chi connectivity index (χ0v) is 10.9. The lowest BCUT2D eigenvalue weighted by molar-refractivity contribution is 0.287. The molecule has 1 aliphatic carbocycles. The van der Waals surface area contributed by atoms with Crippen LogP contribution in [0.2, 0.25) is 0 Å². The first-order valence-corrected chi connectivity index (χ1v) is 7.17. The van der Waals surface area contributed by atoms with Crippen LogP contribution >= 0.6 is 0 Å². The fourth-order valence-corrected chi connectivity index (χ4v) is 3.92. The molecule has 2 aliphatic rings. The van der Waals surface area contributed by atoms with Crippen molar-refractivity contribution in [1.29, 1.82) is 0 Å². The SMILES string of the molecule is c1ccc2c(c1)[C@@H](c1ccncc1)[C@@H]1CCCN[C@H]21. The van der Waals surface area contributed by atoms with E-state index in [0.29, 0.717) is 17.9 Å². The molecule has 1 N–H and O–H groups in total. The molecular formula is C17H18N2. The van der Waals surface area contributed by atoms with Gasteiger partial charge in [-0.3, -0.25) is 4.98 Å². The van der Waals surface area contributed by atoms with E-state index in [2.05, 4.69) is 46.7 Å². The average molecular weight is 250 g/mol. The lowest BCUT2D eigenvalue weighted by Crippen LogP contribution is -2.32. The molecule has 0 radical (unpaired) electrons. The van der Waals surface area contributed by atoms with Gasteiger partial charge in [0.25, 0.3) is 0 Å². The number of hydrogen-bond acceptors (Lipinski definition) is 2. The Morgan fingerprint density at radius 1 is 1.00 bits per heavy atom. The maximum atomic E-state index is 4.16. The van der Waals surface area contributed by atoms with Gasteiger partial charge in [-0.1, -0.05) is 24.3 Å². The Balaban J connectivity index is 1.85. The summed E-state index contributed by atoms with van der Waals surface area (Å²) in [6.07, 6.45) is 6.44. The van der Waals surface area contributed by atoms with E-state index in [0.717, 1.165) is 6.54 Å². The second kappa shape index (κ2) is 4.46. The van der Waals surface area contributed by atoms with E-state index < -0.39 is 0 Å². The molecule has 1 aromatic heterocycles. The lowest BCUT2D eigenvalue weighted by Gasteiger charge is -2.31. The van der Waals surface area contributed by atoms with Crippen molar-refractivity contribution < 1.29 is 0 Å². The predicted molar refractivity (Wildman–Crippen MR) is 76.0 cm³/mol. The van der Waals surface area contributed by atoms with Crippen molar-refractivity contribution in [2.75, 3.05) is 6.54 Å². The average Bonchev–Trinajstić information content (AvgIpc) is 2.83. The topological polar surface area (TPSA) is 24.9 Å². The smallest absolute Gasteiger partial charge is 0.0360 e. The zero-order chi connectivity index (χ0) is 12.7. The highest BCUT2D eigenvalue weighted by atomic mass is 14.9. The van der Waals surface area contributed by atoms with Gasteiger partial charge in [-0.15, -0.1) is 0 Å². The van der Waals surface area contributed by atoms with Gasteiger partial charge in [0.1, 0.15) is 0 Å². The van der Waals surface area contributed by atoms with Crippen LogP contribution in [0.3, 0.4) is 0 Å². The first-order chi connectivity index (χ1) is 9.45. The lowest BCUT2D eigenvalue weighted by atomic mass is 9.81. The Bertz CT molecular complexity index is 579. The van der Waals surface area contributed by atoms with Crippen LogP contribution in [0.5, 0.6) is 0 Å². The number of benzene rings is 1. The molecule has 2 heteroatoms. The second-order valence-corrected chi connectivity index (χ2v) is 5.63. The van der Waals surface area contributed by atoms with Gasteiger partial charge in [0.2, 0.25) is 0 Å². The monoisotopic (exact) mass is 250 g/mol. The molecule has 0 spiro atoms. The molecule has 96 valence electrons. The Morgan fingerprint density at radius 3 is 2.63 bits per heavy atom. The molecular weight excluding hydrogens is 232 g/mol. The van der Waals surface area contributed by atoms with E-state index in [1.54, 1.807) is 0 Å². The quantitative estimate of drug-likeness (QED) is 0.840. The third-order valence-corrected chi connectivity index (χ3v) is 4.67. The Labute approximate surface area is 113 Å². The highest BCUT2D eigenvalue weighted by molar-refractivity contribution is 5.45. The third kappa shape index (κ3) is 1.71. The normalized spacial score (nSPS) is 28.7. The van der Waals surface area contributed by atoms with Crippen LogP contribution in [-0.2, 0) is 0 Å². The van der Waals surface area contributed by atoms with Crippen LogP contribution < -0.4 is 5.32 Å². The standard InChI is InChI=1S/C17H18N2/c1-2-5-14-13(4-1)16(12-7-10-18-11-8-12)15-6-3-9-19-17(14)15/h1-2,4-5,7-8,10-11,15-17,19H,3,6,9H2/t15-,16+,17+/m0/s1. The highest BCUT2D eigenvalue weighted by Gasteiger charge is 2.41. The summed E-state index contributed by atoms with van der Waals surface area (Å²) in [5.74, 6) is 1.24. The van der Waals surface area contributed by atoms with E-state index in [1.807, 2.05) is 12.4 Å². The maximum absolute atomic E-state index is 4.16. The number of piperidine rings is 1. The van der Waals surface area contributed by atoms with Gasteiger partial charge in [0, 0.05) is 24.4 Å². The van der Waals surface area contributed by atoms with Crippen molar-refractivity contribution in [3.8, 4) is 0 Å². The minimum atomic E-state index is 0.539. The zero-order valence-electron chi connectivity index (χ0n) is 10.9. The van der Waals surface area contributed by atoms with Crippen LogP contribution in [-0.4, -0.2) is 11.5 Å².